The molecule has 1 fully saturated rings. The number of nitrogens with zero attached hydrogens (tertiary/aromatic N) is 6. The highest BCUT2D eigenvalue weighted by Crippen LogP contribution is 2.29. The summed E-state index contributed by atoms with van der Waals surface area (Å²) in [5, 5.41) is 4.34. The average molecular weight is 503 g/mol. The number of carbonyl (C=O) groups excluding carboxylic acids is 1. The molecule has 0 radical (unpaired) electrons. The summed E-state index contributed by atoms with van der Waals surface area (Å²) >= 11 is 0. The molecule has 0 aliphatic carbocycles. The van der Waals surface area contributed by atoms with Gasteiger partial charge in [-0.25, -0.2) is 14.6 Å². The molecule has 2 aromatic carbocycles. The lowest BCUT2D eigenvalue weighted by molar-refractivity contribution is 0.0892. The number of ketones is 1. The van der Waals surface area contributed by atoms with Gasteiger partial charge in [0.1, 0.15) is 0 Å². The van der Waals surface area contributed by atoms with Gasteiger partial charge in [0.25, 0.3) is 5.95 Å². The molecular formula is C28H31ClN6O. The first-order chi connectivity index (χ1) is 17.2. The van der Waals surface area contributed by atoms with Gasteiger partial charge in [-0.1, -0.05) is 60.7 Å². The smallest absolute Gasteiger partial charge is 0.250 e. The molecule has 0 saturated carbocycles. The van der Waals surface area contributed by atoms with Crippen LogP contribution in [0.3, 0.4) is 0 Å². The van der Waals surface area contributed by atoms with Crippen LogP contribution in [0.2, 0.25) is 0 Å². The van der Waals surface area contributed by atoms with Gasteiger partial charge in [0, 0.05) is 51.5 Å². The van der Waals surface area contributed by atoms with Gasteiger partial charge in [0.05, 0.1) is 23.5 Å². The minimum absolute atomic E-state index is 0. The number of piperazine rings is 1. The second-order valence-corrected chi connectivity index (χ2v) is 8.88. The first-order valence-corrected chi connectivity index (χ1v) is 12.1. The molecule has 186 valence electrons. The van der Waals surface area contributed by atoms with E-state index >= 15 is 0 Å². The molecule has 0 N–H and O–H groups in total. The van der Waals surface area contributed by atoms with Gasteiger partial charge in [-0.15, -0.1) is 12.4 Å². The fourth-order valence-corrected chi connectivity index (χ4v) is 4.81. The molecule has 7 nitrogen and oxygen atoms in total. The van der Waals surface area contributed by atoms with E-state index in [-0.39, 0.29) is 24.2 Å². The van der Waals surface area contributed by atoms with Gasteiger partial charge in [0.15, 0.2) is 5.78 Å². The number of hydrogen-bond donors (Lipinski definition) is 0. The van der Waals surface area contributed by atoms with E-state index in [1.165, 1.54) is 11.1 Å². The maximum Gasteiger partial charge on any atom is 0.250 e. The first-order valence-electron chi connectivity index (χ1n) is 12.1. The minimum atomic E-state index is 0. The van der Waals surface area contributed by atoms with E-state index in [1.54, 1.807) is 29.3 Å². The highest BCUT2D eigenvalue weighted by molar-refractivity contribution is 5.97. The molecule has 0 unspecified atom stereocenters. The van der Waals surface area contributed by atoms with Crippen molar-refractivity contribution in [1.29, 1.82) is 0 Å². The predicted octanol–water partition coefficient (Wildman–Crippen LogP) is 4.37. The second kappa shape index (κ2) is 12.0. The molecule has 2 aromatic heterocycles. The number of aromatic nitrogens is 4. The molecule has 1 aliphatic rings. The quantitative estimate of drug-likeness (QED) is 0.333. The second-order valence-electron chi connectivity index (χ2n) is 8.88. The predicted molar refractivity (Wildman–Crippen MR) is 143 cm³/mol. The molecule has 1 saturated heterocycles. The highest BCUT2D eigenvalue weighted by Gasteiger charge is 2.26. The van der Waals surface area contributed by atoms with Crippen molar-refractivity contribution in [3.8, 4) is 5.95 Å². The van der Waals surface area contributed by atoms with E-state index in [2.05, 4.69) is 85.5 Å². The van der Waals surface area contributed by atoms with Gasteiger partial charge in [-0.05, 0) is 24.1 Å². The van der Waals surface area contributed by atoms with Crippen molar-refractivity contribution in [2.24, 2.45) is 0 Å². The summed E-state index contributed by atoms with van der Waals surface area (Å²) in [6.45, 7) is 6.46. The van der Waals surface area contributed by atoms with Crippen molar-refractivity contribution in [1.82, 2.24) is 29.5 Å². The zero-order valence-electron chi connectivity index (χ0n) is 20.4. The van der Waals surface area contributed by atoms with Crippen LogP contribution in [0.25, 0.3) is 5.95 Å². The van der Waals surface area contributed by atoms with Gasteiger partial charge < -0.3 is 4.90 Å². The number of Topliss-reactive ketones (excluding diaryl/α,β-unsaturated/α-hetero) is 1. The van der Waals surface area contributed by atoms with Crippen LogP contribution in [0.4, 0.5) is 0 Å². The van der Waals surface area contributed by atoms with Crippen molar-refractivity contribution in [3.05, 3.63) is 108 Å². The van der Waals surface area contributed by atoms with E-state index in [9.17, 15) is 4.79 Å². The summed E-state index contributed by atoms with van der Waals surface area (Å²) in [5.41, 5.74) is 4.05. The Hall–Kier alpha value is -3.39. The third-order valence-corrected chi connectivity index (χ3v) is 6.71. The van der Waals surface area contributed by atoms with Gasteiger partial charge >= 0.3 is 0 Å². The van der Waals surface area contributed by atoms with E-state index < -0.39 is 0 Å². The van der Waals surface area contributed by atoms with E-state index in [1.807, 2.05) is 6.92 Å². The van der Waals surface area contributed by atoms with Crippen LogP contribution < -0.4 is 0 Å². The number of halogens is 1. The lowest BCUT2D eigenvalue weighted by atomic mass is 9.96. The van der Waals surface area contributed by atoms with Crippen LogP contribution >= 0.6 is 12.4 Å². The molecule has 3 heterocycles. The Balaban J connectivity index is 0.00000304. The Morgan fingerprint density at radius 3 is 2.03 bits per heavy atom. The highest BCUT2D eigenvalue weighted by atomic mass is 35.5. The van der Waals surface area contributed by atoms with E-state index in [4.69, 9.17) is 0 Å². The minimum Gasteiger partial charge on any atom is -0.300 e. The van der Waals surface area contributed by atoms with E-state index in [0.717, 1.165) is 38.4 Å². The zero-order chi connectivity index (χ0) is 24.0. The molecule has 5 rings (SSSR count). The Kier molecular flexibility index (Phi) is 8.59. The monoisotopic (exact) mass is 502 g/mol. The zero-order valence-corrected chi connectivity index (χ0v) is 21.2. The largest absolute Gasteiger partial charge is 0.300 e. The molecule has 8 heteroatoms. The molecule has 1 aliphatic heterocycles. The SMILES string of the molecule is Cc1c(C(=O)CCN2CCN(C(c3ccccc3)c3ccccc3)CC2)cnn1-c1ncccn1.Cl. The average Bonchev–Trinajstić information content (AvgIpc) is 3.31. The molecule has 0 bridgehead atoms. The van der Waals surface area contributed by atoms with Crippen molar-refractivity contribution >= 4 is 18.2 Å². The maximum atomic E-state index is 13.0. The van der Waals surface area contributed by atoms with Crippen LogP contribution in [0.15, 0.2) is 85.3 Å². The summed E-state index contributed by atoms with van der Waals surface area (Å²) < 4.78 is 1.62. The Labute approximate surface area is 218 Å². The van der Waals surface area contributed by atoms with Crippen molar-refractivity contribution < 1.29 is 4.79 Å². The summed E-state index contributed by atoms with van der Waals surface area (Å²) in [6.07, 6.45) is 5.45. The molecule has 4 aromatic rings. The number of benzene rings is 2. The first kappa shape index (κ1) is 25.7. The summed E-state index contributed by atoms with van der Waals surface area (Å²) in [6, 6.07) is 23.4. The normalized spacial score (nSPS) is 14.5. The van der Waals surface area contributed by atoms with Crippen molar-refractivity contribution in [2.45, 2.75) is 19.4 Å². The Morgan fingerprint density at radius 1 is 0.861 bits per heavy atom. The number of rotatable bonds is 8. The van der Waals surface area contributed by atoms with Crippen LogP contribution in [0, 0.1) is 6.92 Å². The molecule has 0 atom stereocenters. The number of carbonyl (C=O) groups is 1. The van der Waals surface area contributed by atoms with Crippen LogP contribution in [-0.4, -0.2) is 68.1 Å². The fraction of sp³-hybridized carbons (Fsp3) is 0.286. The topological polar surface area (TPSA) is 67.2 Å². The molecule has 36 heavy (non-hydrogen) atoms. The third-order valence-electron chi connectivity index (χ3n) is 6.71. The van der Waals surface area contributed by atoms with Crippen molar-refractivity contribution in [2.75, 3.05) is 32.7 Å². The molecule has 0 spiro atoms. The van der Waals surface area contributed by atoms with Crippen LogP contribution in [0.5, 0.6) is 0 Å². The summed E-state index contributed by atoms with van der Waals surface area (Å²) in [7, 11) is 0. The summed E-state index contributed by atoms with van der Waals surface area (Å²) in [4.78, 5) is 26.4. The lowest BCUT2D eigenvalue weighted by Crippen LogP contribution is -2.48. The van der Waals surface area contributed by atoms with Gasteiger partial charge in [-0.3, -0.25) is 9.69 Å². The third kappa shape index (κ3) is 5.70. The lowest BCUT2D eigenvalue weighted by Gasteiger charge is -2.39. The fourth-order valence-electron chi connectivity index (χ4n) is 4.81. The van der Waals surface area contributed by atoms with Crippen molar-refractivity contribution in [3.63, 3.8) is 0 Å². The van der Waals surface area contributed by atoms with Gasteiger partial charge in [0.2, 0.25) is 0 Å². The van der Waals surface area contributed by atoms with Crippen LogP contribution in [0.1, 0.15) is 39.6 Å². The maximum absolute atomic E-state index is 13.0. The Morgan fingerprint density at radius 2 is 1.44 bits per heavy atom. The standard InChI is InChI=1S/C28H30N6O.ClH/c1-22-25(21-31-34(22)28-29-14-8-15-30-28)26(35)13-16-32-17-19-33(20-18-32)27(23-9-4-2-5-10-23)24-11-6-3-7-12-24;/h2-12,14-15,21,27H,13,16-20H2,1H3;1H. The molecular weight excluding hydrogens is 472 g/mol. The van der Waals surface area contributed by atoms with Crippen LogP contribution in [-0.2, 0) is 0 Å². The van der Waals surface area contributed by atoms with E-state index in [0.29, 0.717) is 17.9 Å². The molecule has 0 amide bonds. The number of hydrogen-bond acceptors (Lipinski definition) is 6. The Bertz CT molecular complexity index is 1200. The van der Waals surface area contributed by atoms with Gasteiger partial charge in [-0.2, -0.15) is 5.10 Å². The summed E-state index contributed by atoms with van der Waals surface area (Å²) in [5.74, 6) is 0.588.